The van der Waals surface area contributed by atoms with E-state index in [1.165, 1.54) is 24.2 Å². The predicted molar refractivity (Wildman–Crippen MR) is 82.4 cm³/mol. The van der Waals surface area contributed by atoms with Crippen LogP contribution >= 0.6 is 11.3 Å². The van der Waals surface area contributed by atoms with Crippen LogP contribution in [0.15, 0.2) is 40.7 Å². The summed E-state index contributed by atoms with van der Waals surface area (Å²) in [4.78, 5) is 5.14. The Morgan fingerprint density at radius 2 is 2.05 bits per heavy atom. The zero-order valence-corrected chi connectivity index (χ0v) is 13.1. The van der Waals surface area contributed by atoms with Gasteiger partial charge in [-0.1, -0.05) is 6.07 Å². The zero-order valence-electron chi connectivity index (χ0n) is 11.5. The van der Waals surface area contributed by atoms with Gasteiger partial charge in [0, 0.05) is 23.7 Å². The largest absolute Gasteiger partial charge is 0.309 e. The second-order valence-electron chi connectivity index (χ2n) is 5.02. The minimum atomic E-state index is -3.46. The van der Waals surface area contributed by atoms with Crippen LogP contribution in [0.3, 0.4) is 0 Å². The molecule has 21 heavy (non-hydrogen) atoms. The fourth-order valence-electron chi connectivity index (χ4n) is 1.87. The van der Waals surface area contributed by atoms with Crippen molar-refractivity contribution in [2.24, 2.45) is 0 Å². The fourth-order valence-corrected chi connectivity index (χ4v) is 4.22. The average molecular weight is 323 g/mol. The lowest BCUT2D eigenvalue weighted by atomic mass is 10.4. The summed E-state index contributed by atoms with van der Waals surface area (Å²) in [6, 6.07) is 9.58. The van der Waals surface area contributed by atoms with Crippen LogP contribution in [0.4, 0.5) is 0 Å². The van der Waals surface area contributed by atoms with E-state index in [0.717, 1.165) is 11.4 Å². The lowest BCUT2D eigenvalue weighted by Gasteiger charge is -2.04. The number of thiophene rings is 1. The summed E-state index contributed by atoms with van der Waals surface area (Å²) in [6.07, 6.45) is 4.10. The van der Waals surface area contributed by atoms with Crippen LogP contribution in [0.1, 0.15) is 23.4 Å². The summed E-state index contributed by atoms with van der Waals surface area (Å²) in [7, 11) is -3.46. The molecule has 0 amide bonds. The fraction of sp³-hybridized carbons (Fsp3) is 0.357. The topological polar surface area (TPSA) is 71.1 Å². The molecular formula is C14H17N3O2S2. The van der Waals surface area contributed by atoms with Gasteiger partial charge < -0.3 is 5.32 Å². The molecule has 2 heterocycles. The molecule has 0 aromatic carbocycles. The lowest BCUT2D eigenvalue weighted by Crippen LogP contribution is -2.22. The summed E-state index contributed by atoms with van der Waals surface area (Å²) in [6.45, 7) is 0.946. The van der Waals surface area contributed by atoms with Crippen molar-refractivity contribution in [3.63, 3.8) is 0 Å². The van der Waals surface area contributed by atoms with Crippen LogP contribution in [-0.4, -0.2) is 19.4 Å². The maximum Gasteiger partial charge on any atom is 0.250 e. The quantitative estimate of drug-likeness (QED) is 0.816. The SMILES string of the molecule is O=S(=O)(NCc1ccccn1)c1ccc(CNC2CC2)s1. The van der Waals surface area contributed by atoms with E-state index >= 15 is 0 Å². The van der Waals surface area contributed by atoms with Crippen LogP contribution in [-0.2, 0) is 23.1 Å². The molecule has 0 saturated heterocycles. The molecule has 0 aliphatic heterocycles. The third kappa shape index (κ3) is 4.10. The Morgan fingerprint density at radius 3 is 2.76 bits per heavy atom. The smallest absolute Gasteiger partial charge is 0.250 e. The first-order chi connectivity index (χ1) is 10.1. The van der Waals surface area contributed by atoms with E-state index in [-0.39, 0.29) is 6.54 Å². The highest BCUT2D eigenvalue weighted by molar-refractivity contribution is 7.91. The number of sulfonamides is 1. The molecule has 1 saturated carbocycles. The van der Waals surface area contributed by atoms with Crippen molar-refractivity contribution in [1.82, 2.24) is 15.0 Å². The summed E-state index contributed by atoms with van der Waals surface area (Å²) >= 11 is 1.31. The Morgan fingerprint density at radius 1 is 1.19 bits per heavy atom. The van der Waals surface area contributed by atoms with Gasteiger partial charge >= 0.3 is 0 Å². The molecule has 7 heteroatoms. The second kappa shape index (κ2) is 6.23. The Bertz CT molecular complexity index is 694. The predicted octanol–water partition coefficient (Wildman–Crippen LogP) is 1.87. The Labute approximate surface area is 128 Å². The molecule has 1 aliphatic rings. The summed E-state index contributed by atoms with van der Waals surface area (Å²) in [5.74, 6) is 0. The van der Waals surface area contributed by atoms with Crippen molar-refractivity contribution < 1.29 is 8.42 Å². The van der Waals surface area contributed by atoms with Crippen LogP contribution in [0, 0.1) is 0 Å². The highest BCUT2D eigenvalue weighted by atomic mass is 32.2. The number of pyridine rings is 1. The number of rotatable bonds is 7. The highest BCUT2D eigenvalue weighted by Gasteiger charge is 2.21. The van der Waals surface area contributed by atoms with Gasteiger partial charge in [0.1, 0.15) is 4.21 Å². The van der Waals surface area contributed by atoms with Crippen LogP contribution in [0.5, 0.6) is 0 Å². The van der Waals surface area contributed by atoms with E-state index in [1.54, 1.807) is 24.4 Å². The monoisotopic (exact) mass is 323 g/mol. The molecule has 2 aromatic rings. The van der Waals surface area contributed by atoms with E-state index in [1.807, 2.05) is 12.1 Å². The molecule has 2 N–H and O–H groups in total. The number of nitrogens with zero attached hydrogens (tertiary/aromatic N) is 1. The molecule has 112 valence electrons. The normalized spacial score (nSPS) is 15.2. The number of aromatic nitrogens is 1. The van der Waals surface area contributed by atoms with Crippen molar-refractivity contribution >= 4 is 21.4 Å². The molecule has 1 fully saturated rings. The Hall–Kier alpha value is -1.28. The van der Waals surface area contributed by atoms with Gasteiger partial charge in [-0.15, -0.1) is 11.3 Å². The molecule has 0 atom stereocenters. The maximum atomic E-state index is 12.2. The van der Waals surface area contributed by atoms with Gasteiger partial charge in [-0.05, 0) is 37.1 Å². The van der Waals surface area contributed by atoms with Crippen molar-refractivity contribution in [2.75, 3.05) is 0 Å². The van der Waals surface area contributed by atoms with Gasteiger partial charge in [0.2, 0.25) is 10.0 Å². The number of hydrogen-bond acceptors (Lipinski definition) is 5. The first-order valence-corrected chi connectivity index (χ1v) is 9.15. The average Bonchev–Trinajstić information content (AvgIpc) is 3.20. The Balaban J connectivity index is 1.61. The standard InChI is InChI=1S/C14H17N3O2S2/c18-21(19,17-9-12-3-1-2-8-15-12)14-7-6-13(20-14)10-16-11-4-5-11/h1-3,6-8,11,16-17H,4-5,9-10H2. The minimum Gasteiger partial charge on any atom is -0.309 e. The number of nitrogens with one attached hydrogen (secondary N) is 2. The zero-order chi connectivity index (χ0) is 14.7. The molecule has 0 unspecified atom stereocenters. The third-order valence-electron chi connectivity index (χ3n) is 3.21. The van der Waals surface area contributed by atoms with E-state index in [9.17, 15) is 8.42 Å². The van der Waals surface area contributed by atoms with Crippen molar-refractivity contribution in [3.8, 4) is 0 Å². The highest BCUT2D eigenvalue weighted by Crippen LogP contribution is 2.24. The van der Waals surface area contributed by atoms with Gasteiger partial charge in [0.05, 0.1) is 12.2 Å². The molecule has 0 spiro atoms. The molecule has 1 aliphatic carbocycles. The van der Waals surface area contributed by atoms with Crippen molar-refractivity contribution in [1.29, 1.82) is 0 Å². The van der Waals surface area contributed by atoms with Gasteiger partial charge in [-0.3, -0.25) is 4.98 Å². The first-order valence-electron chi connectivity index (χ1n) is 6.85. The first kappa shape index (κ1) is 14.6. The minimum absolute atomic E-state index is 0.205. The summed E-state index contributed by atoms with van der Waals surface area (Å²) in [5.41, 5.74) is 0.702. The van der Waals surface area contributed by atoms with E-state index in [4.69, 9.17) is 0 Å². The molecule has 0 bridgehead atoms. The Kier molecular flexibility index (Phi) is 4.34. The van der Waals surface area contributed by atoms with Gasteiger partial charge in [0.25, 0.3) is 0 Å². The van der Waals surface area contributed by atoms with Crippen LogP contribution < -0.4 is 10.0 Å². The number of hydrogen-bond donors (Lipinski definition) is 2. The van der Waals surface area contributed by atoms with Gasteiger partial charge in [0.15, 0.2) is 0 Å². The maximum absolute atomic E-state index is 12.2. The summed E-state index contributed by atoms with van der Waals surface area (Å²) in [5, 5.41) is 3.38. The molecule has 2 aromatic heterocycles. The third-order valence-corrected chi connectivity index (χ3v) is 6.19. The van der Waals surface area contributed by atoms with E-state index < -0.39 is 10.0 Å². The van der Waals surface area contributed by atoms with Crippen molar-refractivity contribution in [3.05, 3.63) is 47.1 Å². The molecule has 0 radical (unpaired) electrons. The molecule has 5 nitrogen and oxygen atoms in total. The van der Waals surface area contributed by atoms with Gasteiger partial charge in [-0.25, -0.2) is 13.1 Å². The van der Waals surface area contributed by atoms with Crippen LogP contribution in [0.2, 0.25) is 0 Å². The van der Waals surface area contributed by atoms with E-state index in [2.05, 4.69) is 15.0 Å². The lowest BCUT2D eigenvalue weighted by molar-refractivity contribution is 0.582. The summed E-state index contributed by atoms with van der Waals surface area (Å²) < 4.78 is 27.4. The second-order valence-corrected chi connectivity index (χ2v) is 8.18. The van der Waals surface area contributed by atoms with Gasteiger partial charge in [-0.2, -0.15) is 0 Å². The molecule has 3 rings (SSSR count). The van der Waals surface area contributed by atoms with Crippen molar-refractivity contribution in [2.45, 2.75) is 36.2 Å². The van der Waals surface area contributed by atoms with E-state index in [0.29, 0.717) is 15.9 Å². The van der Waals surface area contributed by atoms with Crippen LogP contribution in [0.25, 0.3) is 0 Å². The molecular weight excluding hydrogens is 306 g/mol.